The number of ether oxygens (including phenoxy) is 2. The van der Waals surface area contributed by atoms with Crippen LogP contribution in [0.4, 0.5) is 0 Å². The number of benzene rings is 3. The van der Waals surface area contributed by atoms with Crippen molar-refractivity contribution in [2.45, 2.75) is 62.2 Å². The second-order valence-electron chi connectivity index (χ2n) is 11.2. The lowest BCUT2D eigenvalue weighted by atomic mass is 9.81. The lowest BCUT2D eigenvalue weighted by molar-refractivity contribution is -0.130. The van der Waals surface area contributed by atoms with Crippen LogP contribution in [0, 0.1) is 0 Å². The first-order valence-electron chi connectivity index (χ1n) is 14.5. The molecule has 0 radical (unpaired) electrons. The number of aliphatic imine (C=N–C) groups is 1. The summed E-state index contributed by atoms with van der Waals surface area (Å²) in [5, 5.41) is 24.1. The van der Waals surface area contributed by atoms with Crippen LogP contribution in [0.2, 0.25) is 10.0 Å². The van der Waals surface area contributed by atoms with E-state index < -0.39 is 17.2 Å². The van der Waals surface area contributed by atoms with Crippen LogP contribution < -0.4 is 10.1 Å². The molecule has 43 heavy (non-hydrogen) atoms. The molecule has 1 fully saturated rings. The Hall–Kier alpha value is -2.62. The monoisotopic (exact) mass is 688 g/mol. The number of amides is 1. The van der Waals surface area contributed by atoms with Crippen molar-refractivity contribution in [2.75, 3.05) is 19.8 Å². The van der Waals surface area contributed by atoms with Crippen LogP contribution >= 0.6 is 39.1 Å². The summed E-state index contributed by atoms with van der Waals surface area (Å²) >= 11 is 16.6. The molecule has 1 aliphatic carbocycles. The van der Waals surface area contributed by atoms with Gasteiger partial charge in [-0.25, -0.2) is 4.99 Å². The predicted molar refractivity (Wildman–Crippen MR) is 172 cm³/mol. The van der Waals surface area contributed by atoms with Gasteiger partial charge in [-0.3, -0.25) is 4.79 Å². The van der Waals surface area contributed by atoms with Gasteiger partial charge in [-0.1, -0.05) is 82.7 Å². The first kappa shape index (κ1) is 31.8. The smallest absolute Gasteiger partial charge is 0.252 e. The van der Waals surface area contributed by atoms with Crippen molar-refractivity contribution in [1.82, 2.24) is 5.32 Å². The van der Waals surface area contributed by atoms with E-state index in [0.29, 0.717) is 52.8 Å². The van der Waals surface area contributed by atoms with Crippen molar-refractivity contribution < 1.29 is 24.5 Å². The molecule has 0 bridgehead atoms. The molecule has 2 aliphatic rings. The summed E-state index contributed by atoms with van der Waals surface area (Å²) in [6.45, 7) is 0.567. The molecule has 0 unspecified atom stereocenters. The van der Waals surface area contributed by atoms with Gasteiger partial charge in [0.1, 0.15) is 5.75 Å². The van der Waals surface area contributed by atoms with E-state index in [2.05, 4.69) is 21.2 Å². The van der Waals surface area contributed by atoms with E-state index in [1.165, 1.54) is 0 Å². The molecule has 10 heteroatoms. The fourth-order valence-corrected chi connectivity index (χ4v) is 6.62. The highest BCUT2D eigenvalue weighted by molar-refractivity contribution is 9.10. The van der Waals surface area contributed by atoms with Crippen LogP contribution in [0.3, 0.4) is 0 Å². The highest BCUT2D eigenvalue weighted by Gasteiger charge is 2.54. The summed E-state index contributed by atoms with van der Waals surface area (Å²) in [5.41, 5.74) is -0.318. The number of aliphatic hydroxyl groups is 2. The van der Waals surface area contributed by atoms with E-state index in [-0.39, 0.29) is 31.4 Å². The van der Waals surface area contributed by atoms with Crippen LogP contribution in [0.25, 0.3) is 0 Å². The van der Waals surface area contributed by atoms with Gasteiger partial charge in [-0.15, -0.1) is 0 Å². The Balaban J connectivity index is 1.57. The molecule has 0 saturated heterocycles. The molecule has 7 nitrogen and oxygen atoms in total. The Bertz CT molecular complexity index is 1460. The largest absolute Gasteiger partial charge is 0.494 e. The Morgan fingerprint density at radius 2 is 1.81 bits per heavy atom. The highest BCUT2D eigenvalue weighted by atomic mass is 79.9. The summed E-state index contributed by atoms with van der Waals surface area (Å²) < 4.78 is 13.1. The van der Waals surface area contributed by atoms with E-state index in [0.717, 1.165) is 29.3 Å². The molecule has 2 atom stereocenters. The quantitative estimate of drug-likeness (QED) is 0.192. The topological polar surface area (TPSA) is 100 Å². The minimum atomic E-state index is -1.46. The molecule has 1 amide bonds. The minimum Gasteiger partial charge on any atom is -0.494 e. The Labute approximate surface area is 270 Å². The van der Waals surface area contributed by atoms with Crippen molar-refractivity contribution >= 4 is 50.9 Å². The Kier molecular flexibility index (Phi) is 10.3. The summed E-state index contributed by atoms with van der Waals surface area (Å²) in [6.07, 6.45) is 4.03. The average Bonchev–Trinajstić information content (AvgIpc) is 3.38. The van der Waals surface area contributed by atoms with Crippen LogP contribution in [0.15, 0.2) is 76.2 Å². The number of nitrogens with zero attached hydrogens (tertiary/aromatic N) is 1. The van der Waals surface area contributed by atoms with Gasteiger partial charge in [0.25, 0.3) is 5.91 Å². The van der Waals surface area contributed by atoms with E-state index in [1.807, 2.05) is 36.4 Å². The van der Waals surface area contributed by atoms with Gasteiger partial charge in [0.2, 0.25) is 5.90 Å². The first-order chi connectivity index (χ1) is 20.7. The van der Waals surface area contributed by atoms with Crippen LogP contribution in [0.5, 0.6) is 5.75 Å². The molecule has 3 N–H and O–H groups in total. The van der Waals surface area contributed by atoms with Gasteiger partial charge in [0.15, 0.2) is 11.6 Å². The molecular formula is C33H35BrCl2N2O5. The lowest BCUT2D eigenvalue weighted by Crippen LogP contribution is -2.54. The van der Waals surface area contributed by atoms with Crippen molar-refractivity contribution in [1.29, 1.82) is 0 Å². The summed E-state index contributed by atoms with van der Waals surface area (Å²) in [6, 6.07) is 20.1. The lowest BCUT2D eigenvalue weighted by Gasteiger charge is -2.35. The van der Waals surface area contributed by atoms with Gasteiger partial charge >= 0.3 is 0 Å². The summed E-state index contributed by atoms with van der Waals surface area (Å²) in [5.74, 6) is 0.569. The van der Waals surface area contributed by atoms with Gasteiger partial charge < -0.3 is 25.0 Å². The molecule has 0 spiro atoms. The minimum absolute atomic E-state index is 0.0520. The molecule has 5 rings (SSSR count). The number of rotatable bonds is 11. The summed E-state index contributed by atoms with van der Waals surface area (Å²) in [7, 11) is 0. The molecule has 0 aromatic heterocycles. The molecule has 1 saturated carbocycles. The third-order valence-corrected chi connectivity index (χ3v) is 9.39. The zero-order valence-electron chi connectivity index (χ0n) is 23.7. The second-order valence-corrected chi connectivity index (χ2v) is 12.9. The number of hydrogen-bond acceptors (Lipinski definition) is 6. The number of nitrogens with one attached hydrogen (secondary N) is 1. The highest BCUT2D eigenvalue weighted by Crippen LogP contribution is 2.46. The van der Waals surface area contributed by atoms with Gasteiger partial charge in [0, 0.05) is 51.6 Å². The van der Waals surface area contributed by atoms with E-state index >= 15 is 0 Å². The molecule has 3 aromatic carbocycles. The van der Waals surface area contributed by atoms with Crippen LogP contribution in [0.1, 0.15) is 61.3 Å². The maximum absolute atomic E-state index is 14.5. The first-order valence-corrected chi connectivity index (χ1v) is 16.1. The fraction of sp³-hybridized carbons (Fsp3) is 0.394. The maximum Gasteiger partial charge on any atom is 0.252 e. The summed E-state index contributed by atoms with van der Waals surface area (Å²) in [4.78, 5) is 19.5. The normalized spacial score (nSPS) is 21.1. The number of carbonyl (C=O) groups excluding carboxylic acids is 1. The van der Waals surface area contributed by atoms with E-state index in [4.69, 9.17) is 42.8 Å². The molecular weight excluding hydrogens is 655 g/mol. The molecule has 3 aromatic rings. The predicted octanol–water partition coefficient (Wildman–Crippen LogP) is 6.83. The van der Waals surface area contributed by atoms with Crippen molar-refractivity contribution in [2.24, 2.45) is 4.99 Å². The number of aliphatic hydroxyl groups excluding tert-OH is 1. The van der Waals surface area contributed by atoms with Gasteiger partial charge in [0.05, 0.1) is 12.2 Å². The third kappa shape index (κ3) is 7.37. The fourth-order valence-electron chi connectivity index (χ4n) is 5.69. The van der Waals surface area contributed by atoms with E-state index in [9.17, 15) is 9.90 Å². The maximum atomic E-state index is 14.5. The average molecular weight is 690 g/mol. The van der Waals surface area contributed by atoms with Crippen molar-refractivity contribution in [3.8, 4) is 5.75 Å². The van der Waals surface area contributed by atoms with Crippen LogP contribution in [-0.4, -0.2) is 52.9 Å². The second kappa shape index (κ2) is 14.0. The zero-order chi connectivity index (χ0) is 30.5. The number of halogens is 3. The van der Waals surface area contributed by atoms with E-state index in [1.54, 1.807) is 30.3 Å². The van der Waals surface area contributed by atoms with Gasteiger partial charge in [-0.2, -0.15) is 0 Å². The SMILES string of the molecule is O=C(NCC1(O)CCCCC1)[C@]1(Cc2ccccc2Br)N=C(c2ccc(OCCCO)cc2)O[C@@H]1c1ccc(Cl)cc1Cl. The van der Waals surface area contributed by atoms with Crippen LogP contribution in [-0.2, 0) is 16.0 Å². The molecule has 1 heterocycles. The molecule has 1 aliphatic heterocycles. The van der Waals surface area contributed by atoms with Crippen molar-refractivity contribution in [3.05, 3.63) is 97.9 Å². The zero-order valence-corrected chi connectivity index (χ0v) is 26.8. The van der Waals surface area contributed by atoms with Crippen molar-refractivity contribution in [3.63, 3.8) is 0 Å². The van der Waals surface area contributed by atoms with Gasteiger partial charge in [-0.05, 0) is 60.9 Å². The standard InChI is InChI=1S/C33H35BrCl2N2O5/c34-27-8-3-2-7-23(27)20-33(31(40)37-21-32(41)15-4-1-5-16-32)29(26-14-11-24(35)19-28(26)36)43-30(38-33)22-9-12-25(13-10-22)42-18-6-17-39/h2-3,7-14,19,29,39,41H,1,4-6,15-18,20-21H2,(H,37,40)/t29-,33-/m1/s1. The Morgan fingerprint density at radius 3 is 2.51 bits per heavy atom. The number of hydrogen-bond donors (Lipinski definition) is 3. The molecule has 228 valence electrons. The Morgan fingerprint density at radius 1 is 1.07 bits per heavy atom. The third-order valence-electron chi connectivity index (χ3n) is 8.05. The number of carbonyl (C=O) groups is 1.